The second-order valence-electron chi connectivity index (χ2n) is 7.29. The summed E-state index contributed by atoms with van der Waals surface area (Å²) in [7, 11) is 0. The first kappa shape index (κ1) is 21.2. The second-order valence-corrected chi connectivity index (χ2v) is 7.29. The van der Waals surface area contributed by atoms with E-state index in [4.69, 9.17) is 4.42 Å². The van der Waals surface area contributed by atoms with Crippen LogP contribution in [0.2, 0.25) is 0 Å². The van der Waals surface area contributed by atoms with Crippen LogP contribution in [0.15, 0.2) is 77.7 Å². The standard InChI is InChI=1S/C24H25N5O3/c1-2-29-16-18(19-7-3-4-8-21(19)29)15-20(27-24(31)22-9-5-14-32-22)23(30)26-10-6-12-28-13-11-25-17-28/h3-5,7-9,11,13-17H,2,6,10,12H2,1H3,(H,26,30)(H,27,31). The summed E-state index contributed by atoms with van der Waals surface area (Å²) in [4.78, 5) is 29.6. The lowest BCUT2D eigenvalue weighted by molar-refractivity contribution is -0.117. The minimum Gasteiger partial charge on any atom is -0.459 e. The summed E-state index contributed by atoms with van der Waals surface area (Å²) >= 11 is 0. The largest absolute Gasteiger partial charge is 0.459 e. The number of hydrogen-bond acceptors (Lipinski definition) is 4. The molecule has 0 saturated carbocycles. The van der Waals surface area contributed by atoms with Crippen LogP contribution in [0.4, 0.5) is 0 Å². The molecule has 3 heterocycles. The van der Waals surface area contributed by atoms with Crippen molar-refractivity contribution in [3.63, 3.8) is 0 Å². The van der Waals surface area contributed by atoms with Crippen molar-refractivity contribution in [2.45, 2.75) is 26.4 Å². The van der Waals surface area contributed by atoms with E-state index in [2.05, 4.69) is 27.1 Å². The summed E-state index contributed by atoms with van der Waals surface area (Å²) in [6.45, 7) is 4.05. The third-order valence-corrected chi connectivity index (χ3v) is 5.14. The molecule has 0 aliphatic heterocycles. The molecular formula is C24H25N5O3. The molecule has 0 atom stereocenters. The molecule has 2 amide bonds. The van der Waals surface area contributed by atoms with Gasteiger partial charge in [-0.25, -0.2) is 4.98 Å². The number of benzene rings is 1. The van der Waals surface area contributed by atoms with Crippen LogP contribution in [0.5, 0.6) is 0 Å². The second kappa shape index (κ2) is 9.82. The van der Waals surface area contributed by atoms with Gasteiger partial charge in [0.05, 0.1) is 12.6 Å². The SMILES string of the molecule is CCn1cc(C=C(NC(=O)c2ccco2)C(=O)NCCCn2ccnc2)c2ccccc21. The number of nitrogens with zero attached hydrogens (tertiary/aromatic N) is 3. The van der Waals surface area contributed by atoms with Crippen molar-refractivity contribution in [3.05, 3.63) is 84.6 Å². The predicted molar refractivity (Wildman–Crippen MR) is 122 cm³/mol. The molecule has 164 valence electrons. The minimum atomic E-state index is -0.478. The molecule has 32 heavy (non-hydrogen) atoms. The van der Waals surface area contributed by atoms with Crippen LogP contribution >= 0.6 is 0 Å². The molecule has 0 bridgehead atoms. The van der Waals surface area contributed by atoms with Crippen molar-refractivity contribution < 1.29 is 14.0 Å². The number of carbonyl (C=O) groups excluding carboxylic acids is 2. The van der Waals surface area contributed by atoms with Crippen LogP contribution in [0.3, 0.4) is 0 Å². The maximum atomic E-state index is 13.0. The maximum Gasteiger partial charge on any atom is 0.291 e. The van der Waals surface area contributed by atoms with E-state index in [0.717, 1.165) is 36.0 Å². The Bertz CT molecular complexity index is 1220. The molecule has 0 fully saturated rings. The Balaban J connectivity index is 1.56. The van der Waals surface area contributed by atoms with Crippen molar-refractivity contribution in [2.75, 3.05) is 6.54 Å². The Morgan fingerprint density at radius 2 is 2.06 bits per heavy atom. The highest BCUT2D eigenvalue weighted by molar-refractivity contribution is 6.05. The summed E-state index contributed by atoms with van der Waals surface area (Å²) < 4.78 is 9.23. The lowest BCUT2D eigenvalue weighted by Crippen LogP contribution is -2.35. The van der Waals surface area contributed by atoms with Gasteiger partial charge in [0, 0.05) is 54.7 Å². The maximum absolute atomic E-state index is 13.0. The van der Waals surface area contributed by atoms with Gasteiger partial charge in [-0.15, -0.1) is 0 Å². The zero-order valence-corrected chi connectivity index (χ0v) is 17.8. The number of para-hydroxylation sites is 1. The average Bonchev–Trinajstić information content (AvgIpc) is 3.58. The fourth-order valence-corrected chi connectivity index (χ4v) is 3.54. The molecule has 3 aromatic heterocycles. The summed E-state index contributed by atoms with van der Waals surface area (Å²) in [5.74, 6) is -0.697. The van der Waals surface area contributed by atoms with Gasteiger partial charge in [-0.05, 0) is 37.6 Å². The fraction of sp³-hybridized carbons (Fsp3) is 0.208. The molecule has 1 aromatic carbocycles. The van der Waals surface area contributed by atoms with Crippen LogP contribution < -0.4 is 10.6 Å². The Morgan fingerprint density at radius 1 is 1.19 bits per heavy atom. The quantitative estimate of drug-likeness (QED) is 0.314. The van der Waals surface area contributed by atoms with Crippen molar-refractivity contribution in [1.29, 1.82) is 0 Å². The summed E-state index contributed by atoms with van der Waals surface area (Å²) in [6, 6.07) is 11.2. The van der Waals surface area contributed by atoms with Gasteiger partial charge in [0.2, 0.25) is 0 Å². The molecule has 0 aliphatic rings. The molecule has 0 radical (unpaired) electrons. The molecule has 8 nitrogen and oxygen atoms in total. The molecule has 0 saturated heterocycles. The summed E-state index contributed by atoms with van der Waals surface area (Å²) in [5.41, 5.74) is 2.08. The lowest BCUT2D eigenvalue weighted by Gasteiger charge is -2.10. The first-order valence-corrected chi connectivity index (χ1v) is 10.5. The topological polar surface area (TPSA) is 94.1 Å². The van der Waals surface area contributed by atoms with Gasteiger partial charge in [-0.1, -0.05) is 18.2 Å². The average molecular weight is 431 g/mol. The van der Waals surface area contributed by atoms with Crippen molar-refractivity contribution in [1.82, 2.24) is 24.8 Å². The zero-order valence-electron chi connectivity index (χ0n) is 17.8. The number of hydrogen-bond donors (Lipinski definition) is 2. The number of nitrogens with one attached hydrogen (secondary N) is 2. The normalized spacial score (nSPS) is 11.6. The Hall–Kier alpha value is -4.07. The van der Waals surface area contributed by atoms with E-state index in [9.17, 15) is 9.59 Å². The smallest absolute Gasteiger partial charge is 0.291 e. The van der Waals surface area contributed by atoms with Gasteiger partial charge in [-0.3, -0.25) is 9.59 Å². The Morgan fingerprint density at radius 3 is 2.81 bits per heavy atom. The van der Waals surface area contributed by atoms with Gasteiger partial charge >= 0.3 is 0 Å². The number of imidazole rings is 1. The van der Waals surface area contributed by atoms with Crippen molar-refractivity contribution >= 4 is 28.8 Å². The molecule has 4 rings (SSSR count). The van der Waals surface area contributed by atoms with E-state index in [1.165, 1.54) is 6.26 Å². The minimum absolute atomic E-state index is 0.139. The molecule has 8 heteroatoms. The van der Waals surface area contributed by atoms with Crippen molar-refractivity contribution in [2.24, 2.45) is 0 Å². The summed E-state index contributed by atoms with van der Waals surface area (Å²) in [5, 5.41) is 6.60. The van der Waals surface area contributed by atoms with Crippen molar-refractivity contribution in [3.8, 4) is 0 Å². The molecular weight excluding hydrogens is 406 g/mol. The van der Waals surface area contributed by atoms with E-state index >= 15 is 0 Å². The first-order chi connectivity index (χ1) is 15.7. The number of fused-ring (bicyclic) bond motifs is 1. The number of aromatic nitrogens is 3. The number of amides is 2. The van der Waals surface area contributed by atoms with Crippen LogP contribution in [-0.2, 0) is 17.9 Å². The third kappa shape index (κ3) is 4.80. The van der Waals surface area contributed by atoms with Crippen LogP contribution in [-0.4, -0.2) is 32.5 Å². The highest BCUT2D eigenvalue weighted by Crippen LogP contribution is 2.23. The van der Waals surface area contributed by atoms with Crippen LogP contribution in [0, 0.1) is 0 Å². The summed E-state index contributed by atoms with van der Waals surface area (Å²) in [6.07, 6.45) is 11.2. The van der Waals surface area contributed by atoms with E-state index in [1.54, 1.807) is 30.7 Å². The number of aryl methyl sites for hydroxylation is 2. The van der Waals surface area contributed by atoms with Gasteiger partial charge in [0.15, 0.2) is 5.76 Å². The van der Waals surface area contributed by atoms with Crippen LogP contribution in [0.1, 0.15) is 29.5 Å². The van der Waals surface area contributed by atoms with Gasteiger partial charge in [0.1, 0.15) is 5.70 Å². The predicted octanol–water partition coefficient (Wildman–Crippen LogP) is 3.43. The first-order valence-electron chi connectivity index (χ1n) is 10.5. The number of carbonyl (C=O) groups is 2. The lowest BCUT2D eigenvalue weighted by atomic mass is 10.1. The molecule has 0 spiro atoms. The number of rotatable bonds is 9. The van der Waals surface area contributed by atoms with Gasteiger partial charge in [-0.2, -0.15) is 0 Å². The monoisotopic (exact) mass is 431 g/mol. The highest BCUT2D eigenvalue weighted by atomic mass is 16.3. The van der Waals surface area contributed by atoms with Gasteiger partial charge < -0.3 is 24.2 Å². The molecule has 4 aromatic rings. The Kier molecular flexibility index (Phi) is 6.50. The zero-order chi connectivity index (χ0) is 22.3. The Labute approximate surface area is 185 Å². The molecule has 2 N–H and O–H groups in total. The number of furan rings is 1. The van der Waals surface area contributed by atoms with Crippen LogP contribution in [0.25, 0.3) is 17.0 Å². The molecule has 0 unspecified atom stereocenters. The van der Waals surface area contributed by atoms with E-state index in [1.807, 2.05) is 41.2 Å². The van der Waals surface area contributed by atoms with Gasteiger partial charge in [0.25, 0.3) is 11.8 Å². The highest BCUT2D eigenvalue weighted by Gasteiger charge is 2.17. The van der Waals surface area contributed by atoms with E-state index < -0.39 is 5.91 Å². The van der Waals surface area contributed by atoms with E-state index in [0.29, 0.717) is 6.54 Å². The third-order valence-electron chi connectivity index (χ3n) is 5.14. The molecule has 0 aliphatic carbocycles. The van der Waals surface area contributed by atoms with E-state index in [-0.39, 0.29) is 17.4 Å². The fourth-order valence-electron chi connectivity index (χ4n) is 3.54.